The summed E-state index contributed by atoms with van der Waals surface area (Å²) in [7, 11) is 1.57. The van der Waals surface area contributed by atoms with Crippen molar-refractivity contribution in [3.05, 3.63) is 58.3 Å². The normalized spacial score (nSPS) is 16.6. The summed E-state index contributed by atoms with van der Waals surface area (Å²) < 4.78 is 13.2. The number of hydrogen-bond acceptors (Lipinski definition) is 5. The lowest BCUT2D eigenvalue weighted by molar-refractivity contribution is -0.134. The van der Waals surface area contributed by atoms with Gasteiger partial charge in [0.05, 0.1) is 23.8 Å². The summed E-state index contributed by atoms with van der Waals surface area (Å²) in [6.07, 6.45) is 3.02. The van der Waals surface area contributed by atoms with Crippen LogP contribution in [0.2, 0.25) is 0 Å². The number of nitrogen functional groups attached to an aromatic ring is 1. The van der Waals surface area contributed by atoms with E-state index in [0.29, 0.717) is 21.9 Å². The summed E-state index contributed by atoms with van der Waals surface area (Å²) in [5.74, 6) is -0.540. The third-order valence-electron chi connectivity index (χ3n) is 5.48. The molecule has 2 aromatic heterocycles. The average Bonchev–Trinajstić information content (AvgIpc) is 3.10. The average molecular weight is 427 g/mol. The lowest BCUT2D eigenvalue weighted by Crippen LogP contribution is -2.39. The Balaban J connectivity index is 1.61. The van der Waals surface area contributed by atoms with Gasteiger partial charge in [-0.15, -0.1) is 11.3 Å². The number of pyridine rings is 1. The van der Waals surface area contributed by atoms with Gasteiger partial charge in [-0.25, -0.2) is 9.37 Å². The molecule has 1 fully saturated rings. The molecule has 3 heterocycles. The zero-order valence-electron chi connectivity index (χ0n) is 16.7. The molecule has 3 aromatic rings. The van der Waals surface area contributed by atoms with Gasteiger partial charge in [-0.1, -0.05) is 12.1 Å². The van der Waals surface area contributed by atoms with Crippen molar-refractivity contribution in [1.82, 2.24) is 15.2 Å². The second-order valence-corrected chi connectivity index (χ2v) is 8.41. The zero-order chi connectivity index (χ0) is 21.3. The molecule has 6 nitrogen and oxygen atoms in total. The SMILES string of the molecule is CNC(=O)c1sc2nc([C@@H]3CCCCN3C(=O)Cc3ccc(F)cc3)ccc2c1N. The number of halogens is 1. The molecule has 0 spiro atoms. The van der Waals surface area contributed by atoms with Gasteiger partial charge in [-0.05, 0) is 49.1 Å². The molecular formula is C22H23FN4O2S. The number of likely N-dealkylation sites (tertiary alicyclic amines) is 1. The van der Waals surface area contributed by atoms with Crippen LogP contribution in [0.5, 0.6) is 0 Å². The van der Waals surface area contributed by atoms with E-state index in [-0.39, 0.29) is 30.1 Å². The van der Waals surface area contributed by atoms with E-state index >= 15 is 0 Å². The fraction of sp³-hybridized carbons (Fsp3) is 0.318. The van der Waals surface area contributed by atoms with Gasteiger partial charge in [0.15, 0.2) is 0 Å². The van der Waals surface area contributed by atoms with Crippen LogP contribution in [0.4, 0.5) is 10.1 Å². The second-order valence-electron chi connectivity index (χ2n) is 7.41. The fourth-order valence-electron chi connectivity index (χ4n) is 3.90. The van der Waals surface area contributed by atoms with Crippen LogP contribution in [0, 0.1) is 5.82 Å². The van der Waals surface area contributed by atoms with E-state index in [1.165, 1.54) is 23.5 Å². The molecule has 3 N–H and O–H groups in total. The van der Waals surface area contributed by atoms with Gasteiger partial charge >= 0.3 is 0 Å². The number of fused-ring (bicyclic) bond motifs is 1. The topological polar surface area (TPSA) is 88.3 Å². The van der Waals surface area contributed by atoms with Crippen LogP contribution in [-0.2, 0) is 11.2 Å². The van der Waals surface area contributed by atoms with Gasteiger partial charge in [0.2, 0.25) is 5.91 Å². The van der Waals surface area contributed by atoms with E-state index in [2.05, 4.69) is 5.32 Å². The molecule has 0 bridgehead atoms. The molecule has 2 amide bonds. The van der Waals surface area contributed by atoms with Crippen molar-refractivity contribution in [1.29, 1.82) is 0 Å². The fourth-order valence-corrected chi connectivity index (χ4v) is 4.94. The molecule has 8 heteroatoms. The van der Waals surface area contributed by atoms with E-state index in [4.69, 9.17) is 10.7 Å². The molecule has 1 aliphatic rings. The van der Waals surface area contributed by atoms with Gasteiger partial charge in [0.25, 0.3) is 5.91 Å². The molecule has 4 rings (SSSR count). The van der Waals surface area contributed by atoms with Crippen molar-refractivity contribution in [2.24, 2.45) is 0 Å². The number of carbonyl (C=O) groups excluding carboxylic acids is 2. The Hall–Kier alpha value is -3.00. The third kappa shape index (κ3) is 3.87. The number of thiophene rings is 1. The highest BCUT2D eigenvalue weighted by Crippen LogP contribution is 2.36. The van der Waals surface area contributed by atoms with E-state index in [1.54, 1.807) is 19.2 Å². The molecule has 1 atom stereocenters. The van der Waals surface area contributed by atoms with Crippen LogP contribution in [0.15, 0.2) is 36.4 Å². The Morgan fingerprint density at radius 3 is 2.73 bits per heavy atom. The number of aromatic nitrogens is 1. The quantitative estimate of drug-likeness (QED) is 0.666. The van der Waals surface area contributed by atoms with Crippen LogP contribution in [0.1, 0.15) is 46.2 Å². The molecule has 0 saturated carbocycles. The maximum Gasteiger partial charge on any atom is 0.263 e. The van der Waals surface area contributed by atoms with Crippen LogP contribution in [-0.4, -0.2) is 35.3 Å². The van der Waals surface area contributed by atoms with Crippen molar-refractivity contribution in [2.45, 2.75) is 31.7 Å². The highest BCUT2D eigenvalue weighted by atomic mass is 32.1. The summed E-state index contributed by atoms with van der Waals surface area (Å²) in [4.78, 5) is 32.8. The second kappa shape index (κ2) is 8.39. The molecule has 1 saturated heterocycles. The minimum atomic E-state index is -0.314. The van der Waals surface area contributed by atoms with Crippen LogP contribution < -0.4 is 11.1 Å². The molecule has 1 aromatic carbocycles. The monoisotopic (exact) mass is 426 g/mol. The highest BCUT2D eigenvalue weighted by Gasteiger charge is 2.29. The molecule has 1 aliphatic heterocycles. The Morgan fingerprint density at radius 2 is 2.00 bits per heavy atom. The van der Waals surface area contributed by atoms with Crippen LogP contribution in [0.3, 0.4) is 0 Å². The Labute approximate surface area is 177 Å². The van der Waals surface area contributed by atoms with Crippen molar-refractivity contribution < 1.29 is 14.0 Å². The molecule has 156 valence electrons. The number of rotatable bonds is 4. The first-order valence-electron chi connectivity index (χ1n) is 9.93. The number of benzene rings is 1. The molecule has 0 unspecified atom stereocenters. The summed E-state index contributed by atoms with van der Waals surface area (Å²) in [5, 5.41) is 3.35. The van der Waals surface area contributed by atoms with Crippen molar-refractivity contribution >= 4 is 39.1 Å². The predicted molar refractivity (Wildman–Crippen MR) is 116 cm³/mol. The van der Waals surface area contributed by atoms with Gasteiger partial charge in [-0.2, -0.15) is 0 Å². The summed E-state index contributed by atoms with van der Waals surface area (Å²) >= 11 is 1.26. The minimum Gasteiger partial charge on any atom is -0.397 e. The third-order valence-corrected chi connectivity index (χ3v) is 6.60. The first-order chi connectivity index (χ1) is 14.5. The largest absolute Gasteiger partial charge is 0.397 e. The molecule has 30 heavy (non-hydrogen) atoms. The number of amides is 2. The minimum absolute atomic E-state index is 0.00458. The van der Waals surface area contributed by atoms with E-state index in [1.807, 2.05) is 17.0 Å². The summed E-state index contributed by atoms with van der Waals surface area (Å²) in [6.45, 7) is 0.667. The van der Waals surface area contributed by atoms with E-state index < -0.39 is 0 Å². The summed E-state index contributed by atoms with van der Waals surface area (Å²) in [6, 6.07) is 9.69. The van der Waals surface area contributed by atoms with Crippen LogP contribution in [0.25, 0.3) is 10.2 Å². The number of hydrogen-bond donors (Lipinski definition) is 2. The van der Waals surface area contributed by atoms with Gasteiger partial charge < -0.3 is 16.0 Å². The number of piperidine rings is 1. The molecule has 0 aliphatic carbocycles. The van der Waals surface area contributed by atoms with Gasteiger partial charge in [0.1, 0.15) is 15.5 Å². The van der Waals surface area contributed by atoms with Crippen molar-refractivity contribution in [2.75, 3.05) is 19.3 Å². The van der Waals surface area contributed by atoms with E-state index in [9.17, 15) is 14.0 Å². The highest BCUT2D eigenvalue weighted by molar-refractivity contribution is 7.21. The maximum absolute atomic E-state index is 13.2. The first-order valence-corrected chi connectivity index (χ1v) is 10.7. The molecule has 0 radical (unpaired) electrons. The zero-order valence-corrected chi connectivity index (χ0v) is 17.5. The number of carbonyl (C=O) groups is 2. The van der Waals surface area contributed by atoms with Crippen LogP contribution >= 0.6 is 11.3 Å². The Bertz CT molecular complexity index is 1100. The lowest BCUT2D eigenvalue weighted by atomic mass is 9.97. The standard InChI is InChI=1S/C22H23FN4O2S/c1-25-21(29)20-19(24)15-9-10-16(26-22(15)30-20)17-4-2-3-11-27(17)18(28)12-13-5-7-14(23)8-6-13/h5-10,17H,2-4,11-12,24H2,1H3,(H,25,29)/t17-/m0/s1. The lowest BCUT2D eigenvalue weighted by Gasteiger charge is -2.35. The predicted octanol–water partition coefficient (Wildman–Crippen LogP) is 3.67. The van der Waals surface area contributed by atoms with E-state index in [0.717, 1.165) is 35.9 Å². The first kappa shape index (κ1) is 20.3. The maximum atomic E-state index is 13.2. The van der Waals surface area contributed by atoms with Crippen molar-refractivity contribution in [3.63, 3.8) is 0 Å². The Kier molecular flexibility index (Phi) is 5.67. The number of nitrogens with zero attached hydrogens (tertiary/aromatic N) is 2. The number of anilines is 1. The number of nitrogens with two attached hydrogens (primary N) is 1. The smallest absolute Gasteiger partial charge is 0.263 e. The molecular weight excluding hydrogens is 403 g/mol. The van der Waals surface area contributed by atoms with Gasteiger partial charge in [-0.3, -0.25) is 9.59 Å². The van der Waals surface area contributed by atoms with Gasteiger partial charge in [0, 0.05) is 19.0 Å². The van der Waals surface area contributed by atoms with Crippen molar-refractivity contribution in [3.8, 4) is 0 Å². The summed E-state index contributed by atoms with van der Waals surface area (Å²) in [5.41, 5.74) is 8.16. The number of nitrogens with one attached hydrogen (secondary N) is 1. The Morgan fingerprint density at radius 1 is 1.23 bits per heavy atom.